The van der Waals surface area contributed by atoms with Crippen molar-refractivity contribution in [3.63, 3.8) is 0 Å². The number of hydrogen-bond donors (Lipinski definition) is 2. The normalized spacial score (nSPS) is 17.6. The van der Waals surface area contributed by atoms with Crippen molar-refractivity contribution in [1.29, 1.82) is 0 Å². The second kappa shape index (κ2) is 6.25. The Kier molecular flexibility index (Phi) is 4.97. The molecular formula is C13H20N2O2. The predicted octanol–water partition coefficient (Wildman–Crippen LogP) is -0.118. The van der Waals surface area contributed by atoms with Crippen LogP contribution in [0.1, 0.15) is 26.7 Å². The van der Waals surface area contributed by atoms with Crippen molar-refractivity contribution in [3.05, 3.63) is 33.2 Å². The maximum atomic E-state index is 11.0. The van der Waals surface area contributed by atoms with Gasteiger partial charge in [-0.05, 0) is 31.5 Å². The molecule has 0 fully saturated rings. The van der Waals surface area contributed by atoms with Gasteiger partial charge in [-0.2, -0.15) is 0 Å². The molecule has 0 radical (unpaired) electrons. The highest BCUT2D eigenvalue weighted by Gasteiger charge is 2.14. The molecule has 1 unspecified atom stereocenters. The van der Waals surface area contributed by atoms with E-state index in [1.807, 2.05) is 19.9 Å². The SMILES string of the molecule is CC.NCCC1CC=c2oc(=O)ccc2=C1N. The van der Waals surface area contributed by atoms with E-state index in [0.717, 1.165) is 23.8 Å². The standard InChI is InChI=1S/C11H14N2O2.C2H6/c12-6-5-7-1-3-9-8(11(7)13)2-4-10(14)15-9;1-2/h2-4,7H,1,5-6,12-13H2;1-2H3. The maximum Gasteiger partial charge on any atom is 0.336 e. The molecule has 0 spiro atoms. The lowest BCUT2D eigenvalue weighted by molar-refractivity contribution is 0.464. The highest BCUT2D eigenvalue weighted by molar-refractivity contribution is 5.49. The average molecular weight is 236 g/mol. The van der Waals surface area contributed by atoms with Gasteiger partial charge in [0.1, 0.15) is 5.42 Å². The van der Waals surface area contributed by atoms with Crippen LogP contribution in [0.25, 0.3) is 11.8 Å². The molecule has 4 heteroatoms. The first kappa shape index (κ1) is 13.5. The van der Waals surface area contributed by atoms with Gasteiger partial charge in [-0.15, -0.1) is 0 Å². The summed E-state index contributed by atoms with van der Waals surface area (Å²) >= 11 is 0. The van der Waals surface area contributed by atoms with Gasteiger partial charge in [0, 0.05) is 22.9 Å². The Labute approximate surface area is 101 Å². The van der Waals surface area contributed by atoms with Gasteiger partial charge in [0.05, 0.1) is 0 Å². The highest BCUT2D eigenvalue weighted by Crippen LogP contribution is 2.16. The van der Waals surface area contributed by atoms with Crippen LogP contribution in [-0.4, -0.2) is 6.54 Å². The van der Waals surface area contributed by atoms with Gasteiger partial charge in [-0.1, -0.05) is 13.8 Å². The number of fused-ring (bicyclic) bond motifs is 1. The van der Waals surface area contributed by atoms with Gasteiger partial charge in [0.25, 0.3) is 0 Å². The van der Waals surface area contributed by atoms with E-state index in [1.54, 1.807) is 6.07 Å². The summed E-state index contributed by atoms with van der Waals surface area (Å²) in [6, 6.07) is 3.11. The molecule has 0 amide bonds. The van der Waals surface area contributed by atoms with Crippen LogP contribution in [0, 0.1) is 5.92 Å². The fourth-order valence-electron chi connectivity index (χ4n) is 1.89. The first-order chi connectivity index (χ1) is 8.22. The molecule has 1 aromatic rings. The molecule has 1 aliphatic rings. The maximum absolute atomic E-state index is 11.0. The van der Waals surface area contributed by atoms with E-state index >= 15 is 0 Å². The second-order valence-electron chi connectivity index (χ2n) is 3.70. The molecule has 0 saturated heterocycles. The third-order valence-electron chi connectivity index (χ3n) is 2.72. The van der Waals surface area contributed by atoms with Crippen LogP contribution < -0.4 is 27.7 Å². The van der Waals surface area contributed by atoms with Crippen molar-refractivity contribution in [2.24, 2.45) is 17.4 Å². The van der Waals surface area contributed by atoms with E-state index in [4.69, 9.17) is 15.9 Å². The highest BCUT2D eigenvalue weighted by atomic mass is 16.4. The lowest BCUT2D eigenvalue weighted by atomic mass is 9.93. The molecule has 1 heterocycles. The first-order valence-corrected chi connectivity index (χ1v) is 6.02. The summed E-state index contributed by atoms with van der Waals surface area (Å²) in [5.74, 6) is 0.273. The van der Waals surface area contributed by atoms with Gasteiger partial charge in [0.2, 0.25) is 0 Å². The van der Waals surface area contributed by atoms with E-state index in [9.17, 15) is 4.79 Å². The molecule has 1 aliphatic carbocycles. The van der Waals surface area contributed by atoms with Crippen LogP contribution in [0.4, 0.5) is 0 Å². The average Bonchev–Trinajstić information content (AvgIpc) is 2.35. The molecule has 2 rings (SSSR count). The minimum atomic E-state index is -0.338. The monoisotopic (exact) mass is 236 g/mol. The lowest BCUT2D eigenvalue weighted by Gasteiger charge is -2.17. The zero-order chi connectivity index (χ0) is 12.8. The largest absolute Gasteiger partial charge is 0.423 e. The van der Waals surface area contributed by atoms with Gasteiger partial charge in [-0.25, -0.2) is 4.79 Å². The fraction of sp³-hybridized carbons (Fsp3) is 0.462. The van der Waals surface area contributed by atoms with Crippen LogP contribution >= 0.6 is 0 Å². The summed E-state index contributed by atoms with van der Waals surface area (Å²) in [5.41, 5.74) is 12.5. The Balaban J connectivity index is 0.000000686. The zero-order valence-corrected chi connectivity index (χ0v) is 10.4. The summed E-state index contributed by atoms with van der Waals surface area (Å²) < 4.78 is 5.05. The number of hydrogen-bond acceptors (Lipinski definition) is 4. The summed E-state index contributed by atoms with van der Waals surface area (Å²) in [4.78, 5) is 11.0. The van der Waals surface area contributed by atoms with Crippen LogP contribution in [0.15, 0.2) is 21.3 Å². The molecule has 94 valence electrons. The molecule has 4 N–H and O–H groups in total. The van der Waals surface area contributed by atoms with Gasteiger partial charge in [0.15, 0.2) is 0 Å². The van der Waals surface area contributed by atoms with E-state index in [2.05, 4.69) is 0 Å². The van der Waals surface area contributed by atoms with Crippen molar-refractivity contribution in [3.8, 4) is 0 Å². The Morgan fingerprint density at radius 1 is 1.41 bits per heavy atom. The minimum absolute atomic E-state index is 0.273. The van der Waals surface area contributed by atoms with Gasteiger partial charge in [-0.3, -0.25) is 0 Å². The van der Waals surface area contributed by atoms with Gasteiger partial charge >= 0.3 is 5.63 Å². The second-order valence-corrected chi connectivity index (χ2v) is 3.70. The molecule has 0 saturated carbocycles. The van der Waals surface area contributed by atoms with Crippen molar-refractivity contribution in [2.45, 2.75) is 26.7 Å². The Bertz CT molecular complexity index is 531. The van der Waals surface area contributed by atoms with Crippen molar-refractivity contribution in [2.75, 3.05) is 6.54 Å². The zero-order valence-electron chi connectivity index (χ0n) is 10.4. The van der Waals surface area contributed by atoms with Crippen molar-refractivity contribution in [1.82, 2.24) is 0 Å². The fourth-order valence-corrected chi connectivity index (χ4v) is 1.89. The third-order valence-corrected chi connectivity index (χ3v) is 2.72. The summed E-state index contributed by atoms with van der Waals surface area (Å²) in [6.07, 6.45) is 3.57. The van der Waals surface area contributed by atoms with E-state index in [-0.39, 0.29) is 11.5 Å². The minimum Gasteiger partial charge on any atom is -0.423 e. The van der Waals surface area contributed by atoms with E-state index < -0.39 is 0 Å². The van der Waals surface area contributed by atoms with Crippen LogP contribution in [-0.2, 0) is 0 Å². The number of rotatable bonds is 2. The smallest absolute Gasteiger partial charge is 0.336 e. The van der Waals surface area contributed by atoms with Crippen LogP contribution in [0.2, 0.25) is 0 Å². The van der Waals surface area contributed by atoms with E-state index in [0.29, 0.717) is 12.0 Å². The Hall–Kier alpha value is -1.55. The summed E-state index contributed by atoms with van der Waals surface area (Å²) in [6.45, 7) is 4.62. The molecule has 4 nitrogen and oxygen atoms in total. The Morgan fingerprint density at radius 3 is 2.76 bits per heavy atom. The molecule has 1 atom stereocenters. The van der Waals surface area contributed by atoms with Crippen LogP contribution in [0.3, 0.4) is 0 Å². The van der Waals surface area contributed by atoms with Crippen molar-refractivity contribution >= 4 is 11.8 Å². The molecule has 1 aromatic heterocycles. The lowest BCUT2D eigenvalue weighted by Crippen LogP contribution is -2.38. The molecule has 0 aliphatic heterocycles. The van der Waals surface area contributed by atoms with Crippen molar-refractivity contribution < 1.29 is 4.42 Å². The molecule has 0 bridgehead atoms. The Morgan fingerprint density at radius 2 is 2.12 bits per heavy atom. The predicted molar refractivity (Wildman–Crippen MR) is 69.4 cm³/mol. The quantitative estimate of drug-likeness (QED) is 0.750. The van der Waals surface area contributed by atoms with E-state index in [1.165, 1.54) is 6.07 Å². The number of nitrogens with two attached hydrogens (primary N) is 2. The first-order valence-electron chi connectivity index (χ1n) is 6.02. The third kappa shape index (κ3) is 2.97. The van der Waals surface area contributed by atoms with Gasteiger partial charge < -0.3 is 15.9 Å². The summed E-state index contributed by atoms with van der Waals surface area (Å²) in [5, 5.41) is 0.833. The van der Waals surface area contributed by atoms with Crippen LogP contribution in [0.5, 0.6) is 0 Å². The molecule has 0 aromatic carbocycles. The molecular weight excluding hydrogens is 216 g/mol. The topological polar surface area (TPSA) is 82.2 Å². The summed E-state index contributed by atoms with van der Waals surface area (Å²) in [7, 11) is 0. The molecule has 17 heavy (non-hydrogen) atoms.